The molecule has 1 unspecified atom stereocenters. The van der Waals surface area contributed by atoms with Crippen LogP contribution in [0, 0.1) is 0 Å². The van der Waals surface area contributed by atoms with Crippen LogP contribution in [0.5, 0.6) is 0 Å². The molecule has 1 N–H and O–H groups in total. The number of rotatable bonds is 6. The monoisotopic (exact) mass is 347 g/mol. The second kappa shape index (κ2) is 6.93. The molecule has 0 saturated carbocycles. The van der Waals surface area contributed by atoms with Crippen LogP contribution in [0.25, 0.3) is 0 Å². The highest BCUT2D eigenvalue weighted by atomic mass is 32.2. The van der Waals surface area contributed by atoms with Crippen molar-refractivity contribution in [2.75, 3.05) is 18.9 Å². The maximum absolute atomic E-state index is 12.6. The van der Waals surface area contributed by atoms with E-state index < -0.39 is 10.0 Å². The fraction of sp³-hybridized carbons (Fsp3) is 0.333. The minimum atomic E-state index is -3.63. The topological polar surface area (TPSA) is 64.6 Å². The summed E-state index contributed by atoms with van der Waals surface area (Å²) in [6, 6.07) is 12.4. The second-order valence-electron chi connectivity index (χ2n) is 5.94. The maximum atomic E-state index is 12.6. The molecule has 1 aliphatic carbocycles. The quantitative estimate of drug-likeness (QED) is 0.873. The lowest BCUT2D eigenvalue weighted by Gasteiger charge is -2.10. The molecular formula is C18H21NO4S. The molecule has 0 fully saturated rings. The molecule has 3 rings (SSSR count). The van der Waals surface area contributed by atoms with Crippen LogP contribution in [0.1, 0.15) is 16.7 Å². The molecule has 1 atom stereocenters. The minimum absolute atomic E-state index is 0.178. The van der Waals surface area contributed by atoms with Gasteiger partial charge in [-0.2, -0.15) is 0 Å². The molecule has 2 aromatic rings. The van der Waals surface area contributed by atoms with Gasteiger partial charge in [0.25, 0.3) is 10.0 Å². The Morgan fingerprint density at radius 1 is 1.08 bits per heavy atom. The molecule has 6 heteroatoms. The molecule has 0 saturated heterocycles. The predicted octanol–water partition coefficient (Wildman–Crippen LogP) is 2.75. The van der Waals surface area contributed by atoms with E-state index in [1.807, 2.05) is 18.2 Å². The van der Waals surface area contributed by atoms with E-state index in [0.29, 0.717) is 12.3 Å². The van der Waals surface area contributed by atoms with Crippen LogP contribution >= 0.6 is 0 Å². The average Bonchev–Trinajstić information content (AvgIpc) is 2.97. The standard InChI is InChI=1S/C18H21NO4S/c1-22-12-13-4-3-5-18(8-13)24(20,21)19-16-7-6-14-10-17(23-2)11-15(14)9-16/h3-9,17,19H,10-12H2,1-2H3. The van der Waals surface area contributed by atoms with Crippen molar-refractivity contribution >= 4 is 15.7 Å². The summed E-state index contributed by atoms with van der Waals surface area (Å²) in [4.78, 5) is 0.229. The number of ether oxygens (including phenoxy) is 2. The van der Waals surface area contributed by atoms with Gasteiger partial charge in [0.15, 0.2) is 0 Å². The Kier molecular flexibility index (Phi) is 4.89. The zero-order valence-electron chi connectivity index (χ0n) is 13.8. The van der Waals surface area contributed by atoms with E-state index in [-0.39, 0.29) is 11.0 Å². The highest BCUT2D eigenvalue weighted by Crippen LogP contribution is 2.28. The molecule has 128 valence electrons. The van der Waals surface area contributed by atoms with Gasteiger partial charge in [0.1, 0.15) is 0 Å². The van der Waals surface area contributed by atoms with Gasteiger partial charge >= 0.3 is 0 Å². The molecule has 0 spiro atoms. The van der Waals surface area contributed by atoms with Crippen molar-refractivity contribution in [2.45, 2.75) is 30.4 Å². The van der Waals surface area contributed by atoms with Crippen molar-refractivity contribution in [3.63, 3.8) is 0 Å². The highest BCUT2D eigenvalue weighted by Gasteiger charge is 2.22. The van der Waals surface area contributed by atoms with Crippen LogP contribution in [-0.2, 0) is 38.9 Å². The second-order valence-corrected chi connectivity index (χ2v) is 7.62. The van der Waals surface area contributed by atoms with Crippen LogP contribution in [0.2, 0.25) is 0 Å². The molecule has 0 aliphatic heterocycles. The van der Waals surface area contributed by atoms with Gasteiger partial charge in [0.2, 0.25) is 0 Å². The third-order valence-corrected chi connectivity index (χ3v) is 5.59. The summed E-state index contributed by atoms with van der Waals surface area (Å²) < 4.78 is 38.3. The van der Waals surface area contributed by atoms with Gasteiger partial charge < -0.3 is 9.47 Å². The molecule has 0 amide bonds. The average molecular weight is 347 g/mol. The summed E-state index contributed by atoms with van der Waals surface area (Å²) in [6.07, 6.45) is 1.86. The first-order chi connectivity index (χ1) is 11.5. The van der Waals surface area contributed by atoms with Crippen LogP contribution in [-0.4, -0.2) is 28.7 Å². The van der Waals surface area contributed by atoms with Crippen molar-refractivity contribution in [1.29, 1.82) is 0 Å². The van der Waals surface area contributed by atoms with Crippen LogP contribution in [0.4, 0.5) is 5.69 Å². The molecular weight excluding hydrogens is 326 g/mol. The number of benzene rings is 2. The van der Waals surface area contributed by atoms with Gasteiger partial charge in [-0.15, -0.1) is 0 Å². The van der Waals surface area contributed by atoms with E-state index in [9.17, 15) is 8.42 Å². The maximum Gasteiger partial charge on any atom is 0.261 e. The normalized spacial score (nSPS) is 16.8. The Balaban J connectivity index is 1.82. The van der Waals surface area contributed by atoms with Crippen molar-refractivity contribution in [3.05, 3.63) is 59.2 Å². The third kappa shape index (κ3) is 3.61. The van der Waals surface area contributed by atoms with Gasteiger partial charge in [-0.1, -0.05) is 18.2 Å². The lowest BCUT2D eigenvalue weighted by atomic mass is 10.1. The number of fused-ring (bicyclic) bond motifs is 1. The van der Waals surface area contributed by atoms with Gasteiger partial charge in [-0.3, -0.25) is 4.72 Å². The highest BCUT2D eigenvalue weighted by molar-refractivity contribution is 7.92. The van der Waals surface area contributed by atoms with E-state index in [2.05, 4.69) is 4.72 Å². The van der Waals surface area contributed by atoms with E-state index >= 15 is 0 Å². The van der Waals surface area contributed by atoms with Gasteiger partial charge in [-0.25, -0.2) is 8.42 Å². The zero-order chi connectivity index (χ0) is 17.2. The first kappa shape index (κ1) is 17.0. The van der Waals surface area contributed by atoms with Crippen LogP contribution in [0.3, 0.4) is 0 Å². The van der Waals surface area contributed by atoms with Crippen molar-refractivity contribution < 1.29 is 17.9 Å². The summed E-state index contributed by atoms with van der Waals surface area (Å²) >= 11 is 0. The molecule has 0 heterocycles. The number of nitrogens with one attached hydrogen (secondary N) is 1. The number of sulfonamides is 1. The first-order valence-corrected chi connectivity index (χ1v) is 9.25. The molecule has 5 nitrogen and oxygen atoms in total. The Morgan fingerprint density at radius 2 is 1.88 bits per heavy atom. The molecule has 0 radical (unpaired) electrons. The Labute approximate surface area is 142 Å². The van der Waals surface area contributed by atoms with Gasteiger partial charge in [-0.05, 0) is 53.8 Å². The van der Waals surface area contributed by atoms with Crippen molar-refractivity contribution in [2.24, 2.45) is 0 Å². The lowest BCUT2D eigenvalue weighted by Crippen LogP contribution is -2.13. The molecule has 0 aromatic heterocycles. The van der Waals surface area contributed by atoms with E-state index in [4.69, 9.17) is 9.47 Å². The van der Waals surface area contributed by atoms with E-state index in [1.165, 1.54) is 5.56 Å². The largest absolute Gasteiger partial charge is 0.381 e. The number of anilines is 1. The Bertz CT molecular complexity index is 833. The molecule has 0 bridgehead atoms. The lowest BCUT2D eigenvalue weighted by molar-refractivity contribution is 0.112. The van der Waals surface area contributed by atoms with E-state index in [0.717, 1.165) is 24.0 Å². The Morgan fingerprint density at radius 3 is 2.62 bits per heavy atom. The first-order valence-electron chi connectivity index (χ1n) is 7.77. The Hall–Kier alpha value is -1.89. The van der Waals surface area contributed by atoms with Crippen molar-refractivity contribution in [3.8, 4) is 0 Å². The molecule has 24 heavy (non-hydrogen) atoms. The summed E-state index contributed by atoms with van der Waals surface area (Å²) in [5.74, 6) is 0. The summed E-state index contributed by atoms with van der Waals surface area (Å²) in [5, 5.41) is 0. The minimum Gasteiger partial charge on any atom is -0.381 e. The molecule has 2 aromatic carbocycles. The summed E-state index contributed by atoms with van der Waals surface area (Å²) in [6.45, 7) is 0.376. The fourth-order valence-electron chi connectivity index (χ4n) is 2.99. The molecule has 1 aliphatic rings. The number of hydrogen-bond acceptors (Lipinski definition) is 4. The summed E-state index contributed by atoms with van der Waals surface area (Å²) in [7, 11) is -0.345. The zero-order valence-corrected chi connectivity index (χ0v) is 14.6. The summed E-state index contributed by atoms with van der Waals surface area (Å²) in [5.41, 5.74) is 3.74. The fourth-order valence-corrected chi connectivity index (χ4v) is 4.11. The van der Waals surface area contributed by atoms with Crippen molar-refractivity contribution in [1.82, 2.24) is 0 Å². The third-order valence-electron chi connectivity index (χ3n) is 4.21. The van der Waals surface area contributed by atoms with Gasteiger partial charge in [0.05, 0.1) is 17.6 Å². The predicted molar refractivity (Wildman–Crippen MR) is 92.6 cm³/mol. The van der Waals surface area contributed by atoms with Gasteiger partial charge in [0, 0.05) is 19.9 Å². The van der Waals surface area contributed by atoms with Crippen LogP contribution in [0.15, 0.2) is 47.4 Å². The SMILES string of the molecule is COCc1cccc(S(=O)(=O)Nc2ccc3c(c2)CC(OC)C3)c1. The van der Waals surface area contributed by atoms with Crippen LogP contribution < -0.4 is 4.72 Å². The van der Waals surface area contributed by atoms with E-state index in [1.54, 1.807) is 38.5 Å². The smallest absolute Gasteiger partial charge is 0.261 e. The number of methoxy groups -OCH3 is 2. The number of hydrogen-bond donors (Lipinski definition) is 1.